The highest BCUT2D eigenvalue weighted by atomic mass is 15.3. The Morgan fingerprint density at radius 2 is 2.15 bits per heavy atom. The zero-order valence-electron chi connectivity index (χ0n) is 8.96. The lowest BCUT2D eigenvalue weighted by Gasteiger charge is -2.20. The number of aryl methyl sites for hydroxylation is 1. The third-order valence-electron chi connectivity index (χ3n) is 1.76. The average Bonchev–Trinajstić information content (AvgIpc) is 2.33. The predicted octanol–water partition coefficient (Wildman–Crippen LogP) is 1.58. The van der Waals surface area contributed by atoms with E-state index in [0.29, 0.717) is 0 Å². The third kappa shape index (κ3) is 4.08. The standard InChI is InChI=1S/C10H19N3/c1-9-7-12-13(8-9)6-5-11-10(2,3)4/h7-8,11H,5-6H2,1-4H3. The molecule has 0 bridgehead atoms. The first-order valence-electron chi connectivity index (χ1n) is 4.71. The zero-order valence-corrected chi connectivity index (χ0v) is 8.96. The second-order valence-corrected chi connectivity index (χ2v) is 4.46. The van der Waals surface area contributed by atoms with Crippen molar-refractivity contribution in [3.63, 3.8) is 0 Å². The molecule has 0 unspecified atom stereocenters. The quantitative estimate of drug-likeness (QED) is 0.767. The molecule has 3 nitrogen and oxygen atoms in total. The summed E-state index contributed by atoms with van der Waals surface area (Å²) in [5.41, 5.74) is 1.41. The van der Waals surface area contributed by atoms with Crippen molar-refractivity contribution < 1.29 is 0 Å². The topological polar surface area (TPSA) is 29.9 Å². The van der Waals surface area contributed by atoms with Crippen molar-refractivity contribution in [1.82, 2.24) is 15.1 Å². The van der Waals surface area contributed by atoms with Crippen LogP contribution in [0.5, 0.6) is 0 Å². The highest BCUT2D eigenvalue weighted by molar-refractivity contribution is 4.99. The van der Waals surface area contributed by atoms with E-state index in [9.17, 15) is 0 Å². The molecule has 0 aliphatic carbocycles. The first kappa shape index (κ1) is 10.3. The molecule has 0 aliphatic rings. The van der Waals surface area contributed by atoms with Gasteiger partial charge in [-0.3, -0.25) is 4.68 Å². The predicted molar refractivity (Wildman–Crippen MR) is 54.7 cm³/mol. The van der Waals surface area contributed by atoms with E-state index in [2.05, 4.69) is 44.3 Å². The molecular formula is C10H19N3. The lowest BCUT2D eigenvalue weighted by Crippen LogP contribution is -2.37. The first-order chi connectivity index (χ1) is 5.97. The Bertz CT molecular complexity index is 257. The van der Waals surface area contributed by atoms with Gasteiger partial charge in [-0.1, -0.05) is 0 Å². The molecule has 1 aromatic heterocycles. The fourth-order valence-electron chi connectivity index (χ4n) is 1.13. The maximum Gasteiger partial charge on any atom is 0.0534 e. The molecule has 3 heteroatoms. The maximum atomic E-state index is 4.21. The Hall–Kier alpha value is -0.830. The van der Waals surface area contributed by atoms with Crippen LogP contribution < -0.4 is 5.32 Å². The monoisotopic (exact) mass is 181 g/mol. The molecule has 1 rings (SSSR count). The highest BCUT2D eigenvalue weighted by Crippen LogP contribution is 1.98. The van der Waals surface area contributed by atoms with Gasteiger partial charge >= 0.3 is 0 Å². The highest BCUT2D eigenvalue weighted by Gasteiger charge is 2.07. The van der Waals surface area contributed by atoms with E-state index >= 15 is 0 Å². The minimum Gasteiger partial charge on any atom is -0.310 e. The number of hydrogen-bond donors (Lipinski definition) is 1. The van der Waals surface area contributed by atoms with Crippen LogP contribution in [0.2, 0.25) is 0 Å². The van der Waals surface area contributed by atoms with Gasteiger partial charge in [0, 0.05) is 18.3 Å². The SMILES string of the molecule is Cc1cnn(CCNC(C)(C)C)c1. The van der Waals surface area contributed by atoms with Crippen LogP contribution in [0.3, 0.4) is 0 Å². The lowest BCUT2D eigenvalue weighted by molar-refractivity contribution is 0.405. The molecular weight excluding hydrogens is 162 g/mol. The minimum atomic E-state index is 0.197. The number of nitrogens with zero attached hydrogens (tertiary/aromatic N) is 2. The first-order valence-corrected chi connectivity index (χ1v) is 4.71. The molecule has 74 valence electrons. The summed E-state index contributed by atoms with van der Waals surface area (Å²) in [6.45, 7) is 10.5. The van der Waals surface area contributed by atoms with E-state index in [0.717, 1.165) is 13.1 Å². The normalized spacial score (nSPS) is 12.0. The molecule has 0 amide bonds. The molecule has 0 saturated heterocycles. The molecule has 1 aromatic rings. The van der Waals surface area contributed by atoms with Gasteiger partial charge in [-0.15, -0.1) is 0 Å². The van der Waals surface area contributed by atoms with Crippen molar-refractivity contribution >= 4 is 0 Å². The van der Waals surface area contributed by atoms with Crippen LogP contribution in [-0.2, 0) is 6.54 Å². The van der Waals surface area contributed by atoms with Gasteiger partial charge in [-0.2, -0.15) is 5.10 Å². The van der Waals surface area contributed by atoms with Gasteiger partial charge in [0.25, 0.3) is 0 Å². The molecule has 13 heavy (non-hydrogen) atoms. The van der Waals surface area contributed by atoms with Crippen LogP contribution in [0.15, 0.2) is 12.4 Å². The van der Waals surface area contributed by atoms with Crippen molar-refractivity contribution in [3.05, 3.63) is 18.0 Å². The number of aromatic nitrogens is 2. The molecule has 0 radical (unpaired) electrons. The summed E-state index contributed by atoms with van der Waals surface area (Å²) in [5, 5.41) is 7.63. The van der Waals surface area contributed by atoms with E-state index in [4.69, 9.17) is 0 Å². The van der Waals surface area contributed by atoms with Crippen LogP contribution in [-0.4, -0.2) is 21.9 Å². The number of hydrogen-bond acceptors (Lipinski definition) is 2. The summed E-state index contributed by atoms with van der Waals surface area (Å²) < 4.78 is 1.97. The van der Waals surface area contributed by atoms with Crippen molar-refractivity contribution in [2.24, 2.45) is 0 Å². The zero-order chi connectivity index (χ0) is 9.90. The van der Waals surface area contributed by atoms with Gasteiger partial charge < -0.3 is 5.32 Å². The van der Waals surface area contributed by atoms with Crippen LogP contribution in [0.25, 0.3) is 0 Å². The van der Waals surface area contributed by atoms with Crippen molar-refractivity contribution in [2.75, 3.05) is 6.54 Å². The fraction of sp³-hybridized carbons (Fsp3) is 0.700. The molecule has 0 saturated carbocycles. The minimum absolute atomic E-state index is 0.197. The van der Waals surface area contributed by atoms with Crippen LogP contribution in [0.4, 0.5) is 0 Å². The maximum absolute atomic E-state index is 4.21. The van der Waals surface area contributed by atoms with Gasteiger partial charge in [-0.25, -0.2) is 0 Å². The Kier molecular flexibility index (Phi) is 3.09. The fourth-order valence-corrected chi connectivity index (χ4v) is 1.13. The summed E-state index contributed by atoms with van der Waals surface area (Å²) in [6.07, 6.45) is 3.95. The molecule has 0 aromatic carbocycles. The molecule has 1 N–H and O–H groups in total. The van der Waals surface area contributed by atoms with Crippen molar-refractivity contribution in [3.8, 4) is 0 Å². The Labute approximate surface area is 80.1 Å². The van der Waals surface area contributed by atoms with E-state index in [1.54, 1.807) is 0 Å². The van der Waals surface area contributed by atoms with E-state index in [1.165, 1.54) is 5.56 Å². The molecule has 1 heterocycles. The largest absolute Gasteiger partial charge is 0.310 e. The average molecular weight is 181 g/mol. The van der Waals surface area contributed by atoms with Crippen LogP contribution >= 0.6 is 0 Å². The molecule has 0 spiro atoms. The second-order valence-electron chi connectivity index (χ2n) is 4.46. The summed E-state index contributed by atoms with van der Waals surface area (Å²) in [6, 6.07) is 0. The van der Waals surface area contributed by atoms with E-state index < -0.39 is 0 Å². The lowest BCUT2D eigenvalue weighted by atomic mass is 10.1. The summed E-state index contributed by atoms with van der Waals surface area (Å²) in [5.74, 6) is 0. The van der Waals surface area contributed by atoms with Crippen molar-refractivity contribution in [2.45, 2.75) is 39.8 Å². The van der Waals surface area contributed by atoms with Crippen LogP contribution in [0, 0.1) is 6.92 Å². The molecule has 0 aliphatic heterocycles. The third-order valence-corrected chi connectivity index (χ3v) is 1.76. The second kappa shape index (κ2) is 3.92. The van der Waals surface area contributed by atoms with Gasteiger partial charge in [0.2, 0.25) is 0 Å². The molecule has 0 fully saturated rings. The van der Waals surface area contributed by atoms with Gasteiger partial charge in [0.05, 0.1) is 12.7 Å². The Balaban J connectivity index is 2.28. The summed E-state index contributed by atoms with van der Waals surface area (Å²) >= 11 is 0. The summed E-state index contributed by atoms with van der Waals surface area (Å²) in [7, 11) is 0. The number of rotatable bonds is 3. The van der Waals surface area contributed by atoms with Gasteiger partial charge in [-0.05, 0) is 33.3 Å². The Morgan fingerprint density at radius 1 is 1.46 bits per heavy atom. The van der Waals surface area contributed by atoms with Crippen molar-refractivity contribution in [1.29, 1.82) is 0 Å². The Morgan fingerprint density at radius 3 is 2.62 bits per heavy atom. The summed E-state index contributed by atoms with van der Waals surface area (Å²) in [4.78, 5) is 0. The van der Waals surface area contributed by atoms with Gasteiger partial charge in [0.15, 0.2) is 0 Å². The smallest absolute Gasteiger partial charge is 0.0534 e. The van der Waals surface area contributed by atoms with E-state index in [1.807, 2.05) is 10.9 Å². The number of nitrogens with one attached hydrogen (secondary N) is 1. The van der Waals surface area contributed by atoms with Gasteiger partial charge in [0.1, 0.15) is 0 Å². The molecule has 0 atom stereocenters. The van der Waals surface area contributed by atoms with E-state index in [-0.39, 0.29) is 5.54 Å². The van der Waals surface area contributed by atoms with Crippen LogP contribution in [0.1, 0.15) is 26.3 Å².